The molecule has 2 N–H and O–H groups in total. The standard InChI is InChI=1S/C21H16ClN3O2S/c1-12-8-17-19(21(26)25(12)11-15-6-3-7-28-15)18(16(10-23)20(24)27-17)13-4-2-5-14(22)9-13/h2-9,18H,11,24H2,1H3/t18-/m1/s1. The van der Waals surface area contributed by atoms with Crippen LogP contribution in [0.15, 0.2) is 64.1 Å². The van der Waals surface area contributed by atoms with Crippen molar-refractivity contribution >= 4 is 22.9 Å². The number of hydrogen-bond donors (Lipinski definition) is 1. The molecule has 1 atom stereocenters. The zero-order valence-corrected chi connectivity index (χ0v) is 16.6. The fourth-order valence-corrected chi connectivity index (χ4v) is 4.35. The number of rotatable bonds is 3. The third kappa shape index (κ3) is 3.09. The fraction of sp³-hybridized carbons (Fsp3) is 0.143. The maximum absolute atomic E-state index is 13.5. The average molecular weight is 410 g/mol. The predicted octanol–water partition coefficient (Wildman–Crippen LogP) is 4.14. The first-order valence-corrected chi connectivity index (χ1v) is 9.85. The summed E-state index contributed by atoms with van der Waals surface area (Å²) < 4.78 is 7.36. The zero-order valence-electron chi connectivity index (χ0n) is 15.0. The number of thiophene rings is 1. The Morgan fingerprint density at radius 1 is 1.32 bits per heavy atom. The highest BCUT2D eigenvalue weighted by Gasteiger charge is 2.34. The number of allylic oxidation sites excluding steroid dienone is 1. The summed E-state index contributed by atoms with van der Waals surface area (Å²) in [7, 11) is 0. The van der Waals surface area contributed by atoms with Crippen LogP contribution >= 0.6 is 22.9 Å². The van der Waals surface area contributed by atoms with Crippen LogP contribution in [0, 0.1) is 18.3 Å². The largest absolute Gasteiger partial charge is 0.440 e. The third-order valence-corrected chi connectivity index (χ3v) is 5.86. The Bertz CT molecular complexity index is 1190. The van der Waals surface area contributed by atoms with Crippen LogP contribution in [0.25, 0.3) is 0 Å². The highest BCUT2D eigenvalue weighted by molar-refractivity contribution is 7.09. The summed E-state index contributed by atoms with van der Waals surface area (Å²) in [4.78, 5) is 14.5. The van der Waals surface area contributed by atoms with Gasteiger partial charge in [-0.25, -0.2) is 0 Å². The lowest BCUT2D eigenvalue weighted by atomic mass is 9.84. The van der Waals surface area contributed by atoms with Crippen LogP contribution < -0.4 is 16.0 Å². The van der Waals surface area contributed by atoms with Crippen LogP contribution in [0.1, 0.15) is 27.6 Å². The molecule has 5 nitrogen and oxygen atoms in total. The van der Waals surface area contributed by atoms with Crippen LogP contribution in [0.3, 0.4) is 0 Å². The average Bonchev–Trinajstić information content (AvgIpc) is 3.17. The van der Waals surface area contributed by atoms with E-state index in [1.165, 1.54) is 0 Å². The van der Waals surface area contributed by atoms with Crippen molar-refractivity contribution < 1.29 is 4.74 Å². The number of benzene rings is 1. The Kier molecular flexibility index (Phi) is 4.71. The lowest BCUT2D eigenvalue weighted by Crippen LogP contribution is -2.32. The van der Waals surface area contributed by atoms with E-state index in [4.69, 9.17) is 22.1 Å². The monoisotopic (exact) mass is 409 g/mol. The van der Waals surface area contributed by atoms with Gasteiger partial charge in [-0.3, -0.25) is 4.79 Å². The van der Waals surface area contributed by atoms with E-state index in [0.717, 1.165) is 16.1 Å². The van der Waals surface area contributed by atoms with Crippen molar-refractivity contribution in [2.24, 2.45) is 5.73 Å². The van der Waals surface area contributed by atoms with Gasteiger partial charge in [-0.15, -0.1) is 11.3 Å². The molecule has 1 aromatic carbocycles. The number of halogens is 1. The summed E-state index contributed by atoms with van der Waals surface area (Å²) in [5, 5.41) is 12.2. The molecular formula is C21H16ClN3O2S. The van der Waals surface area contributed by atoms with E-state index in [1.54, 1.807) is 40.2 Å². The molecular weight excluding hydrogens is 394 g/mol. The minimum absolute atomic E-state index is 0.00906. The number of nitrogens with two attached hydrogens (primary N) is 1. The van der Waals surface area contributed by atoms with Crippen molar-refractivity contribution in [1.29, 1.82) is 5.26 Å². The van der Waals surface area contributed by atoms with Gasteiger partial charge in [-0.1, -0.05) is 29.8 Å². The van der Waals surface area contributed by atoms with Gasteiger partial charge in [-0.2, -0.15) is 5.26 Å². The molecule has 0 saturated carbocycles. The van der Waals surface area contributed by atoms with E-state index >= 15 is 0 Å². The van der Waals surface area contributed by atoms with E-state index in [0.29, 0.717) is 22.9 Å². The maximum atomic E-state index is 13.5. The molecule has 4 rings (SSSR count). The van der Waals surface area contributed by atoms with Gasteiger partial charge in [0.2, 0.25) is 5.88 Å². The number of aryl methyl sites for hydroxylation is 1. The first-order chi connectivity index (χ1) is 13.5. The van der Waals surface area contributed by atoms with Crippen LogP contribution in [-0.4, -0.2) is 4.57 Å². The normalized spacial score (nSPS) is 15.7. The second-order valence-electron chi connectivity index (χ2n) is 6.51. The van der Waals surface area contributed by atoms with Gasteiger partial charge in [0, 0.05) is 21.7 Å². The number of ether oxygens (including phenoxy) is 1. The van der Waals surface area contributed by atoms with Gasteiger partial charge in [0.15, 0.2) is 0 Å². The Morgan fingerprint density at radius 3 is 2.82 bits per heavy atom. The topological polar surface area (TPSA) is 81.0 Å². The second kappa shape index (κ2) is 7.19. The van der Waals surface area contributed by atoms with Crippen molar-refractivity contribution in [1.82, 2.24) is 4.57 Å². The number of pyridine rings is 1. The van der Waals surface area contributed by atoms with Crippen LogP contribution in [0.5, 0.6) is 5.75 Å². The first kappa shape index (κ1) is 18.4. The van der Waals surface area contributed by atoms with E-state index in [-0.39, 0.29) is 17.0 Å². The molecule has 0 fully saturated rings. The molecule has 0 amide bonds. The lowest BCUT2D eigenvalue weighted by molar-refractivity contribution is 0.389. The molecule has 1 aliphatic rings. The van der Waals surface area contributed by atoms with Gasteiger partial charge in [0.1, 0.15) is 17.4 Å². The second-order valence-corrected chi connectivity index (χ2v) is 7.98. The number of hydrogen-bond acceptors (Lipinski definition) is 5. The number of fused-ring (bicyclic) bond motifs is 1. The fourth-order valence-electron chi connectivity index (χ4n) is 3.46. The minimum Gasteiger partial charge on any atom is -0.440 e. The van der Waals surface area contributed by atoms with Crippen molar-refractivity contribution in [2.45, 2.75) is 19.4 Å². The van der Waals surface area contributed by atoms with Crippen LogP contribution in [0.4, 0.5) is 0 Å². The van der Waals surface area contributed by atoms with E-state index in [2.05, 4.69) is 6.07 Å². The van der Waals surface area contributed by atoms with Crippen molar-refractivity contribution in [3.05, 3.63) is 96.4 Å². The van der Waals surface area contributed by atoms with Gasteiger partial charge in [-0.05, 0) is 36.1 Å². The molecule has 140 valence electrons. The Labute approximate surface area is 170 Å². The molecule has 0 saturated heterocycles. The number of aromatic nitrogens is 1. The summed E-state index contributed by atoms with van der Waals surface area (Å²) in [6.07, 6.45) is 0. The third-order valence-electron chi connectivity index (χ3n) is 4.77. The first-order valence-electron chi connectivity index (χ1n) is 8.59. The predicted molar refractivity (Wildman–Crippen MR) is 110 cm³/mol. The highest BCUT2D eigenvalue weighted by atomic mass is 35.5. The van der Waals surface area contributed by atoms with Crippen LogP contribution in [-0.2, 0) is 6.54 Å². The van der Waals surface area contributed by atoms with Gasteiger partial charge in [0.25, 0.3) is 5.56 Å². The molecule has 2 aromatic heterocycles. The maximum Gasteiger partial charge on any atom is 0.259 e. The molecule has 0 aliphatic carbocycles. The van der Waals surface area contributed by atoms with Gasteiger partial charge < -0.3 is 15.0 Å². The summed E-state index contributed by atoms with van der Waals surface area (Å²) in [5.41, 5.74) is 7.90. The number of nitrogens with zero attached hydrogens (tertiary/aromatic N) is 2. The molecule has 0 bridgehead atoms. The summed E-state index contributed by atoms with van der Waals surface area (Å²) in [5.74, 6) is -0.240. The number of nitriles is 1. The molecule has 7 heteroatoms. The van der Waals surface area contributed by atoms with Crippen molar-refractivity contribution in [3.8, 4) is 11.8 Å². The molecule has 3 heterocycles. The lowest BCUT2D eigenvalue weighted by Gasteiger charge is -2.27. The Morgan fingerprint density at radius 2 is 2.14 bits per heavy atom. The Hall–Kier alpha value is -3.01. The molecule has 0 radical (unpaired) electrons. The summed E-state index contributed by atoms with van der Waals surface area (Å²) in [6, 6.07) is 15.0. The van der Waals surface area contributed by atoms with Crippen LogP contribution in [0.2, 0.25) is 5.02 Å². The van der Waals surface area contributed by atoms with Crippen molar-refractivity contribution in [2.75, 3.05) is 0 Å². The van der Waals surface area contributed by atoms with Gasteiger partial charge in [0.05, 0.1) is 18.0 Å². The molecule has 28 heavy (non-hydrogen) atoms. The summed E-state index contributed by atoms with van der Waals surface area (Å²) in [6.45, 7) is 2.31. The zero-order chi connectivity index (χ0) is 19.8. The Balaban J connectivity index is 1.96. The van der Waals surface area contributed by atoms with E-state index < -0.39 is 5.92 Å². The molecule has 0 unspecified atom stereocenters. The molecule has 3 aromatic rings. The van der Waals surface area contributed by atoms with Gasteiger partial charge >= 0.3 is 0 Å². The molecule has 1 aliphatic heterocycles. The highest BCUT2D eigenvalue weighted by Crippen LogP contribution is 2.41. The molecule has 0 spiro atoms. The summed E-state index contributed by atoms with van der Waals surface area (Å²) >= 11 is 7.75. The van der Waals surface area contributed by atoms with Crippen molar-refractivity contribution in [3.63, 3.8) is 0 Å². The van der Waals surface area contributed by atoms with E-state index in [9.17, 15) is 10.1 Å². The van der Waals surface area contributed by atoms with E-state index in [1.807, 2.05) is 30.5 Å². The quantitative estimate of drug-likeness (QED) is 0.704. The smallest absolute Gasteiger partial charge is 0.259 e. The SMILES string of the molecule is Cc1cc2c(c(=O)n1Cc1cccs1)[C@H](c1cccc(Cl)c1)C(C#N)=C(N)O2. The minimum atomic E-state index is -0.630.